The number of aryl methyl sites for hydroxylation is 2. The molecule has 25 heavy (non-hydrogen) atoms. The van der Waals surface area contributed by atoms with E-state index in [-0.39, 0.29) is 24.0 Å². The van der Waals surface area contributed by atoms with Gasteiger partial charge in [-0.3, -0.25) is 0 Å². The van der Waals surface area contributed by atoms with E-state index >= 15 is 0 Å². The number of benzene rings is 1. The molecule has 0 amide bonds. The van der Waals surface area contributed by atoms with Crippen LogP contribution in [0.1, 0.15) is 49.8 Å². The lowest BCUT2D eigenvalue weighted by molar-refractivity contribution is 0.206. The fraction of sp³-hybridized carbons (Fsp3) is 0.650. The summed E-state index contributed by atoms with van der Waals surface area (Å²) in [6.07, 6.45) is 3.65. The van der Waals surface area contributed by atoms with Crippen LogP contribution in [0.3, 0.4) is 0 Å². The molecule has 2 N–H and O–H groups in total. The highest BCUT2D eigenvalue weighted by Crippen LogP contribution is 2.13. The molecule has 0 saturated carbocycles. The number of likely N-dealkylation sites (tertiary alicyclic amines) is 1. The summed E-state index contributed by atoms with van der Waals surface area (Å²) >= 11 is 0. The molecule has 1 fully saturated rings. The highest BCUT2D eigenvalue weighted by atomic mass is 127. The minimum Gasteiger partial charge on any atom is -0.357 e. The Bertz CT molecular complexity index is 536. The number of nitrogens with zero attached hydrogens (tertiary/aromatic N) is 2. The Labute approximate surface area is 170 Å². The van der Waals surface area contributed by atoms with Gasteiger partial charge in [0.2, 0.25) is 0 Å². The first-order valence-corrected chi connectivity index (χ1v) is 9.45. The van der Waals surface area contributed by atoms with Crippen molar-refractivity contribution in [1.82, 2.24) is 15.5 Å². The number of hydrogen-bond donors (Lipinski definition) is 2. The fourth-order valence-electron chi connectivity index (χ4n) is 3.32. The molecule has 0 atom stereocenters. The average Bonchev–Trinajstić information content (AvgIpc) is 2.56. The molecule has 0 aliphatic carbocycles. The van der Waals surface area contributed by atoms with Crippen molar-refractivity contribution in [3.8, 4) is 0 Å². The van der Waals surface area contributed by atoms with Gasteiger partial charge in [0.1, 0.15) is 0 Å². The second-order valence-corrected chi connectivity index (χ2v) is 6.89. The first-order valence-electron chi connectivity index (χ1n) is 9.45. The zero-order chi connectivity index (χ0) is 17.4. The van der Waals surface area contributed by atoms with E-state index in [0.29, 0.717) is 6.04 Å². The minimum absolute atomic E-state index is 0. The molecule has 1 aromatic carbocycles. The van der Waals surface area contributed by atoms with Crippen LogP contribution in [0.5, 0.6) is 0 Å². The third-order valence-corrected chi connectivity index (χ3v) is 4.72. The van der Waals surface area contributed by atoms with E-state index in [0.717, 1.165) is 19.0 Å². The summed E-state index contributed by atoms with van der Waals surface area (Å²) in [6, 6.07) is 7.13. The second-order valence-electron chi connectivity index (χ2n) is 6.89. The van der Waals surface area contributed by atoms with Gasteiger partial charge in [-0.05, 0) is 57.7 Å². The number of nitrogens with one attached hydrogen (secondary N) is 2. The van der Waals surface area contributed by atoms with Crippen molar-refractivity contribution in [3.05, 3.63) is 34.9 Å². The maximum atomic E-state index is 4.80. The van der Waals surface area contributed by atoms with Gasteiger partial charge in [0.25, 0.3) is 0 Å². The van der Waals surface area contributed by atoms with E-state index in [1.54, 1.807) is 0 Å². The standard InChI is InChI=1S/C20H34N4.HI/c1-5-11-24-12-9-19(10-13-24)23-20(21-6-2)22-15-18-8-7-16(3)14-17(18)4;/h7-8,14,19H,5-6,9-13,15H2,1-4H3,(H2,21,22,23);1H. The molecule has 1 aliphatic heterocycles. The third kappa shape index (κ3) is 7.52. The van der Waals surface area contributed by atoms with Crippen LogP contribution in [-0.4, -0.2) is 43.1 Å². The van der Waals surface area contributed by atoms with Gasteiger partial charge in [-0.1, -0.05) is 30.7 Å². The van der Waals surface area contributed by atoms with Crippen LogP contribution in [0.2, 0.25) is 0 Å². The van der Waals surface area contributed by atoms with Gasteiger partial charge >= 0.3 is 0 Å². The van der Waals surface area contributed by atoms with E-state index in [1.807, 2.05) is 0 Å². The van der Waals surface area contributed by atoms with Crippen LogP contribution >= 0.6 is 24.0 Å². The monoisotopic (exact) mass is 458 g/mol. The lowest BCUT2D eigenvalue weighted by atomic mass is 10.1. The molecule has 142 valence electrons. The van der Waals surface area contributed by atoms with Gasteiger partial charge in [-0.25, -0.2) is 4.99 Å². The maximum absolute atomic E-state index is 4.80. The Morgan fingerprint density at radius 1 is 1.20 bits per heavy atom. The summed E-state index contributed by atoms with van der Waals surface area (Å²) in [5.41, 5.74) is 3.93. The number of piperidine rings is 1. The van der Waals surface area contributed by atoms with Crippen LogP contribution in [0.4, 0.5) is 0 Å². The molecule has 2 rings (SSSR count). The van der Waals surface area contributed by atoms with Gasteiger partial charge < -0.3 is 15.5 Å². The number of halogens is 1. The first-order chi connectivity index (χ1) is 11.6. The third-order valence-electron chi connectivity index (χ3n) is 4.72. The summed E-state index contributed by atoms with van der Waals surface area (Å²) in [5, 5.41) is 7.03. The van der Waals surface area contributed by atoms with Gasteiger partial charge in [-0.2, -0.15) is 0 Å². The molecule has 4 nitrogen and oxygen atoms in total. The number of guanidine groups is 1. The van der Waals surface area contributed by atoms with E-state index in [1.165, 1.54) is 55.6 Å². The van der Waals surface area contributed by atoms with Gasteiger partial charge in [-0.15, -0.1) is 24.0 Å². The van der Waals surface area contributed by atoms with E-state index in [9.17, 15) is 0 Å². The normalized spacial score (nSPS) is 16.4. The van der Waals surface area contributed by atoms with Crippen molar-refractivity contribution >= 4 is 29.9 Å². The highest BCUT2D eigenvalue weighted by molar-refractivity contribution is 14.0. The molecular weight excluding hydrogens is 423 g/mol. The average molecular weight is 458 g/mol. The zero-order valence-electron chi connectivity index (χ0n) is 16.3. The summed E-state index contributed by atoms with van der Waals surface area (Å²) in [4.78, 5) is 7.37. The lowest BCUT2D eigenvalue weighted by Gasteiger charge is -2.32. The summed E-state index contributed by atoms with van der Waals surface area (Å²) in [5.74, 6) is 0.950. The molecule has 0 spiro atoms. The lowest BCUT2D eigenvalue weighted by Crippen LogP contribution is -2.48. The van der Waals surface area contributed by atoms with Crippen LogP contribution < -0.4 is 10.6 Å². The Hall–Kier alpha value is -0.820. The van der Waals surface area contributed by atoms with Crippen molar-refractivity contribution < 1.29 is 0 Å². The number of hydrogen-bond acceptors (Lipinski definition) is 2. The van der Waals surface area contributed by atoms with Gasteiger partial charge in [0.05, 0.1) is 6.54 Å². The van der Waals surface area contributed by atoms with Crippen molar-refractivity contribution in [3.63, 3.8) is 0 Å². The maximum Gasteiger partial charge on any atom is 0.191 e. The summed E-state index contributed by atoms with van der Waals surface area (Å²) < 4.78 is 0. The molecule has 0 aromatic heterocycles. The van der Waals surface area contributed by atoms with Gasteiger partial charge in [0.15, 0.2) is 5.96 Å². The molecule has 1 saturated heterocycles. The molecule has 5 heteroatoms. The SMILES string of the molecule is CCCN1CCC(NC(=NCc2ccc(C)cc2C)NCC)CC1.I. The minimum atomic E-state index is 0. The Kier molecular flexibility index (Phi) is 10.4. The van der Waals surface area contributed by atoms with Gasteiger partial charge in [0, 0.05) is 25.7 Å². The predicted octanol–water partition coefficient (Wildman–Crippen LogP) is 3.85. The summed E-state index contributed by atoms with van der Waals surface area (Å²) in [7, 11) is 0. The van der Waals surface area contributed by atoms with Crippen molar-refractivity contribution in [1.29, 1.82) is 0 Å². The molecular formula is C20H35IN4. The topological polar surface area (TPSA) is 39.7 Å². The predicted molar refractivity (Wildman–Crippen MR) is 119 cm³/mol. The molecule has 0 radical (unpaired) electrons. The van der Waals surface area contributed by atoms with Crippen LogP contribution in [0.15, 0.2) is 23.2 Å². The van der Waals surface area contributed by atoms with E-state index < -0.39 is 0 Å². The fourth-order valence-corrected chi connectivity index (χ4v) is 3.32. The van der Waals surface area contributed by atoms with Crippen LogP contribution in [0, 0.1) is 13.8 Å². The van der Waals surface area contributed by atoms with Crippen LogP contribution in [-0.2, 0) is 6.54 Å². The number of aliphatic imine (C=N–C) groups is 1. The zero-order valence-corrected chi connectivity index (χ0v) is 18.6. The Morgan fingerprint density at radius 2 is 1.92 bits per heavy atom. The second kappa shape index (κ2) is 11.7. The van der Waals surface area contributed by atoms with E-state index in [2.05, 4.69) is 61.4 Å². The summed E-state index contributed by atoms with van der Waals surface area (Å²) in [6.45, 7) is 13.9. The smallest absolute Gasteiger partial charge is 0.191 e. The highest BCUT2D eigenvalue weighted by Gasteiger charge is 2.19. The Balaban J connectivity index is 0.00000312. The van der Waals surface area contributed by atoms with Crippen LogP contribution in [0.25, 0.3) is 0 Å². The molecule has 1 heterocycles. The largest absolute Gasteiger partial charge is 0.357 e. The molecule has 1 aliphatic rings. The van der Waals surface area contributed by atoms with Crippen molar-refractivity contribution in [2.24, 2.45) is 4.99 Å². The van der Waals surface area contributed by atoms with E-state index in [4.69, 9.17) is 4.99 Å². The van der Waals surface area contributed by atoms with Crippen molar-refractivity contribution in [2.75, 3.05) is 26.2 Å². The molecule has 1 aromatic rings. The molecule has 0 unspecified atom stereocenters. The first kappa shape index (κ1) is 22.2. The molecule has 0 bridgehead atoms. The van der Waals surface area contributed by atoms with Crippen molar-refractivity contribution in [2.45, 2.75) is 59.5 Å². The quantitative estimate of drug-likeness (QED) is 0.387. The number of rotatable bonds is 6. The Morgan fingerprint density at radius 3 is 2.52 bits per heavy atom.